The van der Waals surface area contributed by atoms with Gasteiger partial charge < -0.3 is 19.8 Å². The standard InChI is InChI=1S/C20H36N4O2/c1-3-5-14-25-15-9-11-22-20(21-4-2)23-17-18(19-10-8-16-26-19)24-12-6-7-13-24/h8,10,16,18H,3-7,9,11-15,17H2,1-2H3,(H2,21,22,23). The second-order valence-electron chi connectivity index (χ2n) is 6.74. The zero-order chi connectivity index (χ0) is 18.5. The van der Waals surface area contributed by atoms with Crippen molar-refractivity contribution in [3.8, 4) is 0 Å². The normalized spacial score (nSPS) is 16.8. The minimum Gasteiger partial charge on any atom is -0.468 e. The fourth-order valence-corrected chi connectivity index (χ4v) is 3.17. The van der Waals surface area contributed by atoms with Gasteiger partial charge in [0.15, 0.2) is 5.96 Å². The van der Waals surface area contributed by atoms with Gasteiger partial charge in [0.2, 0.25) is 0 Å². The Morgan fingerprint density at radius 3 is 2.73 bits per heavy atom. The average molecular weight is 365 g/mol. The summed E-state index contributed by atoms with van der Waals surface area (Å²) in [5.74, 6) is 1.88. The SMILES string of the molecule is CCCCOCCCNC(=NCC(c1ccco1)N1CCCC1)NCC. The Hall–Kier alpha value is -1.53. The highest BCUT2D eigenvalue weighted by Crippen LogP contribution is 2.25. The van der Waals surface area contributed by atoms with Crippen LogP contribution in [0.25, 0.3) is 0 Å². The van der Waals surface area contributed by atoms with Crippen LogP contribution in [0.5, 0.6) is 0 Å². The predicted molar refractivity (Wildman–Crippen MR) is 107 cm³/mol. The zero-order valence-electron chi connectivity index (χ0n) is 16.5. The first kappa shape index (κ1) is 20.8. The summed E-state index contributed by atoms with van der Waals surface area (Å²) in [7, 11) is 0. The van der Waals surface area contributed by atoms with Gasteiger partial charge in [-0.2, -0.15) is 0 Å². The molecule has 1 atom stereocenters. The van der Waals surface area contributed by atoms with Gasteiger partial charge in [0.05, 0.1) is 18.8 Å². The van der Waals surface area contributed by atoms with Gasteiger partial charge in [0.1, 0.15) is 5.76 Å². The van der Waals surface area contributed by atoms with Gasteiger partial charge >= 0.3 is 0 Å². The number of furan rings is 1. The van der Waals surface area contributed by atoms with Crippen molar-refractivity contribution in [2.45, 2.75) is 52.0 Å². The van der Waals surface area contributed by atoms with E-state index in [0.29, 0.717) is 6.54 Å². The molecule has 1 aromatic rings. The molecule has 2 heterocycles. The van der Waals surface area contributed by atoms with Gasteiger partial charge in [-0.3, -0.25) is 9.89 Å². The Morgan fingerprint density at radius 2 is 2.04 bits per heavy atom. The molecule has 1 saturated heterocycles. The number of ether oxygens (including phenoxy) is 1. The first-order chi connectivity index (χ1) is 12.8. The topological polar surface area (TPSA) is 62.0 Å². The lowest BCUT2D eigenvalue weighted by Gasteiger charge is -2.24. The molecule has 0 spiro atoms. The van der Waals surface area contributed by atoms with E-state index in [9.17, 15) is 0 Å². The van der Waals surface area contributed by atoms with E-state index in [0.717, 1.165) is 64.0 Å². The van der Waals surface area contributed by atoms with E-state index in [1.807, 2.05) is 6.07 Å². The Morgan fingerprint density at radius 1 is 1.23 bits per heavy atom. The van der Waals surface area contributed by atoms with E-state index in [1.165, 1.54) is 19.3 Å². The van der Waals surface area contributed by atoms with Crippen molar-refractivity contribution in [3.05, 3.63) is 24.2 Å². The summed E-state index contributed by atoms with van der Waals surface area (Å²) in [5.41, 5.74) is 0. The summed E-state index contributed by atoms with van der Waals surface area (Å²) in [5, 5.41) is 6.75. The summed E-state index contributed by atoms with van der Waals surface area (Å²) in [6.45, 7) is 10.6. The molecule has 0 radical (unpaired) electrons. The van der Waals surface area contributed by atoms with Crippen LogP contribution in [0.1, 0.15) is 57.8 Å². The van der Waals surface area contributed by atoms with Crippen molar-refractivity contribution in [3.63, 3.8) is 0 Å². The molecule has 1 unspecified atom stereocenters. The van der Waals surface area contributed by atoms with Crippen LogP contribution in [0.2, 0.25) is 0 Å². The summed E-state index contributed by atoms with van der Waals surface area (Å²) in [6, 6.07) is 4.25. The molecule has 6 nitrogen and oxygen atoms in total. The number of nitrogens with zero attached hydrogens (tertiary/aromatic N) is 2. The minimum absolute atomic E-state index is 0.223. The highest BCUT2D eigenvalue weighted by Gasteiger charge is 2.25. The van der Waals surface area contributed by atoms with E-state index >= 15 is 0 Å². The Labute approximate surface area is 158 Å². The van der Waals surface area contributed by atoms with Crippen molar-refractivity contribution in [1.82, 2.24) is 15.5 Å². The van der Waals surface area contributed by atoms with Gasteiger partial charge in [-0.05, 0) is 57.8 Å². The molecular formula is C20H36N4O2. The molecular weight excluding hydrogens is 328 g/mol. The summed E-state index contributed by atoms with van der Waals surface area (Å²) < 4.78 is 11.3. The first-order valence-corrected chi connectivity index (χ1v) is 10.2. The van der Waals surface area contributed by atoms with Crippen molar-refractivity contribution in [1.29, 1.82) is 0 Å². The third-order valence-electron chi connectivity index (χ3n) is 4.62. The van der Waals surface area contributed by atoms with Gasteiger partial charge in [-0.15, -0.1) is 0 Å². The highest BCUT2D eigenvalue weighted by molar-refractivity contribution is 5.79. The summed E-state index contributed by atoms with van der Waals surface area (Å²) in [6.07, 6.45) is 7.59. The molecule has 1 aliphatic rings. The van der Waals surface area contributed by atoms with Gasteiger partial charge in [0, 0.05) is 26.3 Å². The maximum atomic E-state index is 5.68. The molecule has 6 heteroatoms. The largest absolute Gasteiger partial charge is 0.468 e. The first-order valence-electron chi connectivity index (χ1n) is 10.2. The van der Waals surface area contributed by atoms with Crippen molar-refractivity contribution in [2.24, 2.45) is 4.99 Å². The molecule has 1 aliphatic heterocycles. The molecule has 0 amide bonds. The number of nitrogens with one attached hydrogen (secondary N) is 2. The molecule has 26 heavy (non-hydrogen) atoms. The molecule has 2 N–H and O–H groups in total. The number of hydrogen-bond acceptors (Lipinski definition) is 4. The number of guanidine groups is 1. The fraction of sp³-hybridized carbons (Fsp3) is 0.750. The van der Waals surface area contributed by atoms with E-state index in [-0.39, 0.29) is 6.04 Å². The maximum absolute atomic E-state index is 5.68. The van der Waals surface area contributed by atoms with Crippen LogP contribution in [0, 0.1) is 0 Å². The lowest BCUT2D eigenvalue weighted by Crippen LogP contribution is -2.39. The quantitative estimate of drug-likeness (QED) is 0.339. The smallest absolute Gasteiger partial charge is 0.191 e. The van der Waals surface area contributed by atoms with Crippen LogP contribution in [-0.2, 0) is 4.74 Å². The lowest BCUT2D eigenvalue weighted by molar-refractivity contribution is 0.129. The number of likely N-dealkylation sites (tertiary alicyclic amines) is 1. The fourth-order valence-electron chi connectivity index (χ4n) is 3.17. The number of unbranched alkanes of at least 4 members (excludes halogenated alkanes) is 1. The third kappa shape index (κ3) is 7.38. The van der Waals surface area contributed by atoms with Crippen LogP contribution >= 0.6 is 0 Å². The van der Waals surface area contributed by atoms with Crippen LogP contribution in [0.15, 0.2) is 27.8 Å². The maximum Gasteiger partial charge on any atom is 0.191 e. The third-order valence-corrected chi connectivity index (χ3v) is 4.62. The predicted octanol–water partition coefficient (Wildman–Crippen LogP) is 3.18. The summed E-state index contributed by atoms with van der Waals surface area (Å²) in [4.78, 5) is 7.29. The van der Waals surface area contributed by atoms with Crippen molar-refractivity contribution < 1.29 is 9.15 Å². The van der Waals surface area contributed by atoms with Crippen molar-refractivity contribution >= 4 is 5.96 Å². The van der Waals surface area contributed by atoms with E-state index in [2.05, 4.69) is 35.4 Å². The molecule has 148 valence electrons. The number of aliphatic imine (C=N–C) groups is 1. The second-order valence-corrected chi connectivity index (χ2v) is 6.74. The minimum atomic E-state index is 0.223. The van der Waals surface area contributed by atoms with Crippen LogP contribution in [-0.4, -0.2) is 56.8 Å². The van der Waals surface area contributed by atoms with Gasteiger partial charge in [-0.25, -0.2) is 0 Å². The molecule has 0 aromatic carbocycles. The zero-order valence-corrected chi connectivity index (χ0v) is 16.5. The van der Waals surface area contributed by atoms with E-state index < -0.39 is 0 Å². The Kier molecular flexibility index (Phi) is 10.2. The van der Waals surface area contributed by atoms with E-state index in [1.54, 1.807) is 6.26 Å². The molecule has 0 aliphatic carbocycles. The molecule has 0 saturated carbocycles. The molecule has 1 fully saturated rings. The van der Waals surface area contributed by atoms with Crippen LogP contribution in [0.4, 0.5) is 0 Å². The monoisotopic (exact) mass is 364 g/mol. The Balaban J connectivity index is 1.81. The molecule has 2 rings (SSSR count). The lowest BCUT2D eigenvalue weighted by atomic mass is 10.2. The molecule has 0 bridgehead atoms. The summed E-state index contributed by atoms with van der Waals surface area (Å²) >= 11 is 0. The Bertz CT molecular complexity index is 484. The van der Waals surface area contributed by atoms with Crippen LogP contribution < -0.4 is 10.6 Å². The van der Waals surface area contributed by atoms with Gasteiger partial charge in [-0.1, -0.05) is 13.3 Å². The average Bonchev–Trinajstić information content (AvgIpc) is 3.35. The van der Waals surface area contributed by atoms with Crippen molar-refractivity contribution in [2.75, 3.05) is 45.9 Å². The van der Waals surface area contributed by atoms with Gasteiger partial charge in [0.25, 0.3) is 0 Å². The molecule has 1 aromatic heterocycles. The van der Waals surface area contributed by atoms with Crippen LogP contribution in [0.3, 0.4) is 0 Å². The highest BCUT2D eigenvalue weighted by atomic mass is 16.5. The van der Waals surface area contributed by atoms with E-state index in [4.69, 9.17) is 14.1 Å². The second kappa shape index (κ2) is 12.8. The number of rotatable bonds is 12. The number of hydrogen-bond donors (Lipinski definition) is 2.